The Bertz CT molecular complexity index is 3130. The van der Waals surface area contributed by atoms with Gasteiger partial charge in [0.2, 0.25) is 0 Å². The van der Waals surface area contributed by atoms with E-state index in [0.717, 1.165) is 55.4 Å². The predicted octanol–water partition coefficient (Wildman–Crippen LogP) is 2.83. The highest BCUT2D eigenvalue weighted by Gasteiger charge is 2.21. The third kappa shape index (κ3) is 5.27. The minimum Gasteiger partial charge on any atom is -0.456 e. The lowest BCUT2D eigenvalue weighted by Crippen LogP contribution is -2.55. The fraction of sp³-hybridized carbons (Fsp3) is 0. The summed E-state index contributed by atoms with van der Waals surface area (Å²) in [6.07, 6.45) is 0. The molecule has 0 aliphatic carbocycles. The molecule has 55 heavy (non-hydrogen) atoms. The zero-order valence-corrected chi connectivity index (χ0v) is 31.5. The standard InChI is InChI=1S/C45H33B5N4O/c46-38-37(39(47)41(49)42(50)40(38)48)45-52-43(24-10-3-1-4-11-24)51-44(53-45)26-19-21-34-31(23-26)36-28(15-9-17-35(36)55-34)25-18-20-33-30(22-25)29-14-7-8-16-32(29)54(33)27-12-5-2-6-13-27/h1-23H,46-50H2. The van der Waals surface area contributed by atoms with Crippen LogP contribution in [-0.4, -0.2) is 58.8 Å². The van der Waals surface area contributed by atoms with Gasteiger partial charge in [-0.1, -0.05) is 95.9 Å². The van der Waals surface area contributed by atoms with Crippen LogP contribution in [0, 0.1) is 0 Å². The van der Waals surface area contributed by atoms with Crippen molar-refractivity contribution in [1.82, 2.24) is 19.5 Å². The molecule has 10 aromatic rings. The van der Waals surface area contributed by atoms with Crippen molar-refractivity contribution in [1.29, 1.82) is 0 Å². The summed E-state index contributed by atoms with van der Waals surface area (Å²) in [6.45, 7) is 0. The van der Waals surface area contributed by atoms with Gasteiger partial charge in [-0.2, -0.15) is 0 Å². The van der Waals surface area contributed by atoms with Gasteiger partial charge >= 0.3 is 0 Å². The molecule has 0 bridgehead atoms. The van der Waals surface area contributed by atoms with Crippen LogP contribution in [0.25, 0.3) is 94.7 Å². The molecule has 0 saturated carbocycles. The first kappa shape index (κ1) is 33.1. The average molecular weight is 700 g/mol. The van der Waals surface area contributed by atoms with E-state index in [1.54, 1.807) is 0 Å². The zero-order valence-electron chi connectivity index (χ0n) is 31.5. The summed E-state index contributed by atoms with van der Waals surface area (Å²) in [6, 6.07) is 48.9. The lowest BCUT2D eigenvalue weighted by molar-refractivity contribution is 0.669. The maximum absolute atomic E-state index is 6.52. The Hall–Kier alpha value is -6.53. The first-order chi connectivity index (χ1) is 26.9. The van der Waals surface area contributed by atoms with Crippen LogP contribution in [0.3, 0.4) is 0 Å². The topological polar surface area (TPSA) is 56.7 Å². The molecule has 10 heteroatoms. The average Bonchev–Trinajstić information content (AvgIpc) is 3.78. The number of fused-ring (bicyclic) bond motifs is 6. The molecule has 0 radical (unpaired) electrons. The summed E-state index contributed by atoms with van der Waals surface area (Å²) < 4.78 is 8.87. The highest BCUT2D eigenvalue weighted by molar-refractivity contribution is 6.68. The zero-order chi connectivity index (χ0) is 37.4. The van der Waals surface area contributed by atoms with Crippen LogP contribution >= 0.6 is 0 Å². The van der Waals surface area contributed by atoms with E-state index >= 15 is 0 Å². The summed E-state index contributed by atoms with van der Waals surface area (Å²) in [5.41, 5.74) is 16.6. The van der Waals surface area contributed by atoms with Gasteiger partial charge in [-0.25, -0.2) is 15.0 Å². The van der Waals surface area contributed by atoms with Crippen molar-refractivity contribution in [2.24, 2.45) is 0 Å². The number of benzene rings is 7. The van der Waals surface area contributed by atoms with Crippen molar-refractivity contribution in [3.8, 4) is 51.0 Å². The van der Waals surface area contributed by atoms with Crippen molar-refractivity contribution in [3.05, 3.63) is 140 Å². The molecule has 0 spiro atoms. The van der Waals surface area contributed by atoms with Gasteiger partial charge in [0.25, 0.3) is 0 Å². The highest BCUT2D eigenvalue weighted by Crippen LogP contribution is 2.41. The maximum atomic E-state index is 6.52. The molecular formula is C45H33B5N4O. The molecule has 10 rings (SSSR count). The normalized spacial score (nSPS) is 11.6. The van der Waals surface area contributed by atoms with Crippen LogP contribution in [0.2, 0.25) is 0 Å². The Morgan fingerprint density at radius 3 is 1.78 bits per heavy atom. The molecule has 0 fully saturated rings. The van der Waals surface area contributed by atoms with Gasteiger partial charge in [-0.15, -0.1) is 16.4 Å². The monoisotopic (exact) mass is 700 g/mol. The van der Waals surface area contributed by atoms with Gasteiger partial charge in [0.15, 0.2) is 17.5 Å². The second kappa shape index (κ2) is 12.8. The molecule has 7 aromatic carbocycles. The maximum Gasteiger partial charge on any atom is 0.164 e. The highest BCUT2D eigenvalue weighted by atomic mass is 16.3. The van der Waals surface area contributed by atoms with Gasteiger partial charge < -0.3 is 8.98 Å². The van der Waals surface area contributed by atoms with E-state index in [0.29, 0.717) is 17.5 Å². The van der Waals surface area contributed by atoms with Gasteiger partial charge in [-0.05, 0) is 65.7 Å². The van der Waals surface area contributed by atoms with Crippen LogP contribution in [0.5, 0.6) is 0 Å². The molecule has 3 heterocycles. The van der Waals surface area contributed by atoms with Crippen LogP contribution in [0.1, 0.15) is 0 Å². The van der Waals surface area contributed by atoms with Crippen molar-refractivity contribution < 1.29 is 4.42 Å². The summed E-state index contributed by atoms with van der Waals surface area (Å²) >= 11 is 0. The quantitative estimate of drug-likeness (QED) is 0.260. The Labute approximate surface area is 323 Å². The molecule has 0 unspecified atom stereocenters. The van der Waals surface area contributed by atoms with Crippen molar-refractivity contribution in [2.45, 2.75) is 0 Å². The first-order valence-corrected chi connectivity index (χ1v) is 18.8. The van der Waals surface area contributed by atoms with Crippen LogP contribution in [-0.2, 0) is 0 Å². The van der Waals surface area contributed by atoms with Crippen LogP contribution in [0.4, 0.5) is 0 Å². The van der Waals surface area contributed by atoms with Gasteiger partial charge in [-0.3, -0.25) is 0 Å². The molecule has 254 valence electrons. The number of aromatic nitrogens is 4. The number of nitrogens with zero attached hydrogens (tertiary/aromatic N) is 4. The minimum atomic E-state index is 0.627. The van der Waals surface area contributed by atoms with E-state index < -0.39 is 0 Å². The summed E-state index contributed by atoms with van der Waals surface area (Å²) in [4.78, 5) is 15.4. The van der Waals surface area contributed by atoms with Crippen LogP contribution < -0.4 is 27.3 Å². The second-order valence-electron chi connectivity index (χ2n) is 14.6. The number of hydrogen-bond donors (Lipinski definition) is 0. The summed E-state index contributed by atoms with van der Waals surface area (Å²) in [7, 11) is 10.9. The number of furan rings is 1. The molecule has 0 aliphatic heterocycles. The van der Waals surface area contributed by atoms with Gasteiger partial charge in [0.1, 0.15) is 50.4 Å². The predicted molar refractivity (Wildman–Crippen MR) is 244 cm³/mol. The molecule has 0 atom stereocenters. The fourth-order valence-electron chi connectivity index (χ4n) is 8.37. The Balaban J connectivity index is 1.18. The van der Waals surface area contributed by atoms with E-state index in [4.69, 9.17) is 19.4 Å². The van der Waals surface area contributed by atoms with E-state index in [1.165, 1.54) is 49.1 Å². The second-order valence-corrected chi connectivity index (χ2v) is 14.6. The molecule has 0 aliphatic rings. The lowest BCUT2D eigenvalue weighted by Gasteiger charge is -2.20. The van der Waals surface area contributed by atoms with E-state index in [1.807, 2.05) is 24.3 Å². The van der Waals surface area contributed by atoms with Gasteiger partial charge in [0.05, 0.1) is 11.0 Å². The van der Waals surface area contributed by atoms with Crippen molar-refractivity contribution in [2.75, 3.05) is 0 Å². The minimum absolute atomic E-state index is 0.627. The summed E-state index contributed by atoms with van der Waals surface area (Å²) in [5, 5.41) is 4.52. The molecule has 5 nitrogen and oxygen atoms in total. The molecule has 0 saturated heterocycles. The smallest absolute Gasteiger partial charge is 0.164 e. The Kier molecular flexibility index (Phi) is 7.70. The molecule has 3 aromatic heterocycles. The van der Waals surface area contributed by atoms with Gasteiger partial charge in [0, 0.05) is 43.9 Å². The third-order valence-electron chi connectivity index (χ3n) is 11.6. The molecule has 0 amide bonds. The van der Waals surface area contributed by atoms with E-state index in [-0.39, 0.29) is 0 Å². The number of rotatable bonds is 5. The molecular weight excluding hydrogens is 667 g/mol. The van der Waals surface area contributed by atoms with Crippen molar-refractivity contribution in [3.63, 3.8) is 0 Å². The number of hydrogen-bond acceptors (Lipinski definition) is 4. The lowest BCUT2D eigenvalue weighted by atomic mass is 9.60. The molecule has 0 N–H and O–H groups in total. The first-order valence-electron chi connectivity index (χ1n) is 18.8. The Morgan fingerprint density at radius 1 is 0.418 bits per heavy atom. The van der Waals surface area contributed by atoms with Crippen LogP contribution in [0.15, 0.2) is 144 Å². The van der Waals surface area contributed by atoms with Crippen molar-refractivity contribution >= 4 is 110 Å². The van der Waals surface area contributed by atoms with E-state index in [9.17, 15) is 0 Å². The summed E-state index contributed by atoms with van der Waals surface area (Å²) in [5.74, 6) is 1.96. The number of para-hydroxylation sites is 2. The largest absolute Gasteiger partial charge is 0.456 e. The Morgan fingerprint density at radius 2 is 1.02 bits per heavy atom. The van der Waals surface area contributed by atoms with E-state index in [2.05, 4.69) is 159 Å². The SMILES string of the molecule is Bc1c(B)c(B)c(-c2nc(-c3ccccc3)nc(-c3ccc4oc5cccc(-c6ccc7c(c6)c6ccccc6n7-c6ccccc6)c5c4c3)n2)c(B)c1B. The fourth-order valence-corrected chi connectivity index (χ4v) is 8.37. The third-order valence-corrected chi connectivity index (χ3v) is 11.6.